The van der Waals surface area contributed by atoms with E-state index in [2.05, 4.69) is 72.1 Å². The number of benzene rings is 2. The zero-order chi connectivity index (χ0) is 15.5. The normalized spacial score (nSPS) is 21.2. The van der Waals surface area contributed by atoms with Gasteiger partial charge in [-0.05, 0) is 39.8 Å². The summed E-state index contributed by atoms with van der Waals surface area (Å²) in [5.74, 6) is 0. The third-order valence-electron chi connectivity index (χ3n) is 4.66. The molecule has 0 saturated carbocycles. The van der Waals surface area contributed by atoms with Crippen LogP contribution in [0.4, 0.5) is 0 Å². The average molecular weight is 337 g/mol. The van der Waals surface area contributed by atoms with Crippen LogP contribution in [0.1, 0.15) is 12.8 Å². The molecular formula is C20H20OSSi. The molecule has 0 aliphatic carbocycles. The summed E-state index contributed by atoms with van der Waals surface area (Å²) in [6.45, 7) is 0.889. The Balaban J connectivity index is 1.92. The van der Waals surface area contributed by atoms with Gasteiger partial charge in [0.2, 0.25) is 0 Å². The highest BCUT2D eigenvalue weighted by atomic mass is 32.1. The molecule has 1 fully saturated rings. The molecular weight excluding hydrogens is 316 g/mol. The Morgan fingerprint density at radius 2 is 1.65 bits per heavy atom. The van der Waals surface area contributed by atoms with Gasteiger partial charge in [0.25, 0.3) is 8.32 Å². The van der Waals surface area contributed by atoms with Crippen molar-refractivity contribution >= 4 is 30.0 Å². The first kappa shape index (κ1) is 14.9. The van der Waals surface area contributed by atoms with Crippen LogP contribution in [-0.2, 0) is 4.43 Å². The largest absolute Gasteiger partial charge is 0.408 e. The Kier molecular flexibility index (Phi) is 4.16. The Labute approximate surface area is 142 Å². The lowest BCUT2D eigenvalue weighted by molar-refractivity contribution is 0.284. The van der Waals surface area contributed by atoms with Gasteiger partial charge in [0.1, 0.15) is 0 Å². The van der Waals surface area contributed by atoms with E-state index >= 15 is 0 Å². The summed E-state index contributed by atoms with van der Waals surface area (Å²) in [4.78, 5) is 1.34. The van der Waals surface area contributed by atoms with E-state index in [1.54, 1.807) is 0 Å². The van der Waals surface area contributed by atoms with Gasteiger partial charge in [-0.1, -0.05) is 67.1 Å². The molecule has 0 radical (unpaired) electrons. The Morgan fingerprint density at radius 3 is 2.39 bits per heavy atom. The van der Waals surface area contributed by atoms with Crippen molar-refractivity contribution in [2.45, 2.75) is 18.9 Å². The first-order valence-electron chi connectivity index (χ1n) is 8.23. The van der Waals surface area contributed by atoms with Crippen molar-refractivity contribution in [2.75, 3.05) is 6.61 Å². The van der Waals surface area contributed by atoms with Crippen molar-refractivity contribution in [3.8, 4) is 10.4 Å². The van der Waals surface area contributed by atoms with Crippen LogP contribution in [0.25, 0.3) is 10.4 Å². The SMILES string of the molecule is c1ccc([Si]2(c3ccccc3-c3cccs3)CCCCO2)cc1. The van der Waals surface area contributed by atoms with Gasteiger partial charge in [0, 0.05) is 11.5 Å². The Hall–Kier alpha value is -1.68. The highest BCUT2D eigenvalue weighted by Gasteiger charge is 2.42. The van der Waals surface area contributed by atoms with Gasteiger partial charge >= 0.3 is 0 Å². The molecule has 2 aromatic carbocycles. The van der Waals surface area contributed by atoms with Crippen LogP contribution in [0.3, 0.4) is 0 Å². The predicted molar refractivity (Wildman–Crippen MR) is 101 cm³/mol. The summed E-state index contributed by atoms with van der Waals surface area (Å²) in [6, 6.07) is 25.3. The maximum atomic E-state index is 6.62. The second-order valence-corrected chi connectivity index (χ2v) is 10.5. The smallest absolute Gasteiger partial charge is 0.256 e. The molecule has 3 heteroatoms. The Morgan fingerprint density at radius 1 is 0.826 bits per heavy atom. The molecule has 116 valence electrons. The predicted octanol–water partition coefficient (Wildman–Crippen LogP) is 4.29. The van der Waals surface area contributed by atoms with E-state index in [0.717, 1.165) is 6.61 Å². The van der Waals surface area contributed by atoms with Crippen LogP contribution < -0.4 is 10.4 Å². The minimum absolute atomic E-state index is 0.889. The lowest BCUT2D eigenvalue weighted by Crippen LogP contribution is -2.62. The number of hydrogen-bond donors (Lipinski definition) is 0. The zero-order valence-corrected chi connectivity index (χ0v) is 14.9. The summed E-state index contributed by atoms with van der Waals surface area (Å²) >= 11 is 1.81. The van der Waals surface area contributed by atoms with Gasteiger partial charge < -0.3 is 4.43 Å². The Bertz CT molecular complexity index is 761. The first-order valence-corrected chi connectivity index (χ1v) is 11.2. The summed E-state index contributed by atoms with van der Waals surface area (Å²) in [5.41, 5.74) is 1.36. The van der Waals surface area contributed by atoms with E-state index < -0.39 is 8.32 Å². The third-order valence-corrected chi connectivity index (χ3v) is 9.89. The average Bonchev–Trinajstić information content (AvgIpc) is 3.18. The molecule has 1 aromatic heterocycles. The van der Waals surface area contributed by atoms with Crippen molar-refractivity contribution in [2.24, 2.45) is 0 Å². The van der Waals surface area contributed by atoms with Crippen LogP contribution in [0.2, 0.25) is 6.04 Å². The molecule has 1 nitrogen and oxygen atoms in total. The lowest BCUT2D eigenvalue weighted by atomic mass is 10.2. The maximum Gasteiger partial charge on any atom is 0.256 e. The fraction of sp³-hybridized carbons (Fsp3) is 0.200. The molecule has 2 heterocycles. The molecule has 0 spiro atoms. The first-order chi connectivity index (χ1) is 11.4. The molecule has 1 aliphatic heterocycles. The lowest BCUT2D eigenvalue weighted by Gasteiger charge is -2.37. The number of rotatable bonds is 3. The van der Waals surface area contributed by atoms with E-state index in [4.69, 9.17) is 4.43 Å². The summed E-state index contributed by atoms with van der Waals surface area (Å²) in [7, 11) is -2.13. The highest BCUT2D eigenvalue weighted by molar-refractivity contribution is 7.14. The molecule has 23 heavy (non-hydrogen) atoms. The molecule has 4 rings (SSSR count). The molecule has 0 amide bonds. The van der Waals surface area contributed by atoms with E-state index in [1.165, 1.54) is 39.7 Å². The van der Waals surface area contributed by atoms with Gasteiger partial charge in [-0.2, -0.15) is 0 Å². The maximum absolute atomic E-state index is 6.62. The van der Waals surface area contributed by atoms with Crippen LogP contribution in [0.5, 0.6) is 0 Å². The molecule has 0 N–H and O–H groups in total. The standard InChI is InChI=1S/C20H20OSSi/c1-2-9-17(10-3-1)23(16-7-6-14-21-23)20-13-5-4-11-18(20)19-12-8-15-22-19/h1-5,8-13,15H,6-7,14,16H2. The van der Waals surface area contributed by atoms with Gasteiger partial charge in [0.15, 0.2) is 0 Å². The third kappa shape index (κ3) is 2.69. The molecule has 1 atom stereocenters. The van der Waals surface area contributed by atoms with Gasteiger partial charge in [-0.3, -0.25) is 0 Å². The molecule has 1 unspecified atom stereocenters. The minimum Gasteiger partial charge on any atom is -0.408 e. The number of thiophene rings is 1. The second kappa shape index (κ2) is 6.44. The van der Waals surface area contributed by atoms with Gasteiger partial charge in [0.05, 0.1) is 0 Å². The summed E-state index contributed by atoms with van der Waals surface area (Å²) in [6.07, 6.45) is 2.45. The summed E-state index contributed by atoms with van der Waals surface area (Å²) in [5, 5.41) is 5.00. The molecule has 1 aliphatic rings. The van der Waals surface area contributed by atoms with E-state index in [-0.39, 0.29) is 0 Å². The van der Waals surface area contributed by atoms with Crippen molar-refractivity contribution in [1.82, 2.24) is 0 Å². The molecule has 0 bridgehead atoms. The number of hydrogen-bond acceptors (Lipinski definition) is 2. The highest BCUT2D eigenvalue weighted by Crippen LogP contribution is 2.29. The van der Waals surface area contributed by atoms with Crippen molar-refractivity contribution in [1.29, 1.82) is 0 Å². The van der Waals surface area contributed by atoms with Gasteiger partial charge in [-0.15, -0.1) is 11.3 Å². The topological polar surface area (TPSA) is 9.23 Å². The fourth-order valence-electron chi connectivity index (χ4n) is 3.58. The van der Waals surface area contributed by atoms with Crippen LogP contribution in [-0.4, -0.2) is 14.9 Å². The second-order valence-electron chi connectivity index (χ2n) is 6.02. The van der Waals surface area contributed by atoms with Crippen LogP contribution in [0, 0.1) is 0 Å². The monoisotopic (exact) mass is 336 g/mol. The van der Waals surface area contributed by atoms with Crippen LogP contribution >= 0.6 is 11.3 Å². The fourth-order valence-corrected chi connectivity index (χ4v) is 8.76. The van der Waals surface area contributed by atoms with E-state index in [0.29, 0.717) is 0 Å². The van der Waals surface area contributed by atoms with Crippen molar-refractivity contribution in [3.63, 3.8) is 0 Å². The molecule has 1 saturated heterocycles. The van der Waals surface area contributed by atoms with Gasteiger partial charge in [-0.25, -0.2) is 0 Å². The van der Waals surface area contributed by atoms with Crippen LogP contribution in [0.15, 0.2) is 72.1 Å². The minimum atomic E-state index is -2.13. The summed E-state index contributed by atoms with van der Waals surface area (Å²) < 4.78 is 6.62. The molecule has 3 aromatic rings. The van der Waals surface area contributed by atoms with Crippen molar-refractivity contribution in [3.05, 3.63) is 72.1 Å². The zero-order valence-electron chi connectivity index (χ0n) is 13.1. The van der Waals surface area contributed by atoms with Crippen molar-refractivity contribution < 1.29 is 4.43 Å². The van der Waals surface area contributed by atoms with E-state index in [1.807, 2.05) is 11.3 Å². The quantitative estimate of drug-likeness (QED) is 0.649. The van der Waals surface area contributed by atoms with E-state index in [9.17, 15) is 0 Å².